The molecule has 0 saturated carbocycles. The molecule has 1 aromatic heterocycles. The number of nitrogens with one attached hydrogen (secondary N) is 1. The molecule has 0 saturated heterocycles. The van der Waals surface area contributed by atoms with Crippen molar-refractivity contribution >= 4 is 5.82 Å². The second-order valence-electron chi connectivity index (χ2n) is 3.89. The molecule has 0 aliphatic heterocycles. The Morgan fingerprint density at radius 1 is 1.27 bits per heavy atom. The number of hydrogen-bond donors (Lipinski definition) is 2. The van der Waals surface area contributed by atoms with Gasteiger partial charge in [-0.25, -0.2) is 4.98 Å². The summed E-state index contributed by atoms with van der Waals surface area (Å²) >= 11 is 0. The first kappa shape index (κ1) is 13.8. The van der Waals surface area contributed by atoms with Crippen molar-refractivity contribution in [2.24, 2.45) is 5.73 Å². The van der Waals surface area contributed by atoms with Gasteiger partial charge in [0.15, 0.2) is 0 Å². The third-order valence-electron chi connectivity index (χ3n) is 1.51. The Labute approximate surface area is 92.3 Å². The minimum atomic E-state index is -0.230. The van der Waals surface area contributed by atoms with Crippen molar-refractivity contribution in [1.29, 1.82) is 0 Å². The number of aromatic nitrogens is 2. The molecule has 0 aliphatic rings. The molecular weight excluding hydrogens is 188 g/mol. The molecule has 0 unspecified atom stereocenters. The fraction of sp³-hybridized carbons (Fsp3) is 0.636. The van der Waals surface area contributed by atoms with Crippen LogP contribution in [0.2, 0.25) is 0 Å². The maximum absolute atomic E-state index is 5.80. The Kier molecular flexibility index (Phi) is 5.86. The van der Waals surface area contributed by atoms with Crippen LogP contribution in [0.15, 0.2) is 12.4 Å². The summed E-state index contributed by atoms with van der Waals surface area (Å²) in [5.41, 5.74) is 6.49. The number of aryl methyl sites for hydroxylation is 1. The summed E-state index contributed by atoms with van der Waals surface area (Å²) in [6.07, 6.45) is 3.44. The van der Waals surface area contributed by atoms with E-state index in [9.17, 15) is 0 Å². The lowest BCUT2D eigenvalue weighted by molar-refractivity contribution is 0.548. The molecule has 1 aromatic rings. The summed E-state index contributed by atoms with van der Waals surface area (Å²) in [6, 6.07) is 0. The van der Waals surface area contributed by atoms with Gasteiger partial charge in [-0.3, -0.25) is 4.98 Å². The van der Waals surface area contributed by atoms with Gasteiger partial charge in [-0.15, -0.1) is 0 Å². The third kappa shape index (κ3) is 6.85. The predicted octanol–water partition coefficient (Wildman–Crippen LogP) is 1.96. The van der Waals surface area contributed by atoms with Crippen LogP contribution in [-0.4, -0.2) is 22.1 Å². The van der Waals surface area contributed by atoms with Gasteiger partial charge in [0.2, 0.25) is 0 Å². The zero-order valence-corrected chi connectivity index (χ0v) is 10.3. The van der Waals surface area contributed by atoms with Crippen molar-refractivity contribution in [2.75, 3.05) is 11.9 Å². The monoisotopic (exact) mass is 210 g/mol. The van der Waals surface area contributed by atoms with Crippen molar-refractivity contribution in [1.82, 2.24) is 9.97 Å². The molecule has 0 spiro atoms. The minimum absolute atomic E-state index is 0.230. The fourth-order valence-electron chi connectivity index (χ4n) is 0.802. The zero-order chi connectivity index (χ0) is 11.9. The fourth-order valence-corrected chi connectivity index (χ4v) is 0.802. The lowest BCUT2D eigenvalue weighted by atomic mass is 10.1. The summed E-state index contributed by atoms with van der Waals surface area (Å²) in [7, 11) is 0. The van der Waals surface area contributed by atoms with Crippen molar-refractivity contribution in [3.05, 3.63) is 18.1 Å². The van der Waals surface area contributed by atoms with Gasteiger partial charge in [0.25, 0.3) is 0 Å². The topological polar surface area (TPSA) is 63.8 Å². The SMILES string of the molecule is CC.Cc1cnc(NCC(C)(C)N)cn1. The lowest BCUT2D eigenvalue weighted by Gasteiger charge is -2.18. The molecule has 4 nitrogen and oxygen atoms in total. The van der Waals surface area contributed by atoms with Crippen LogP contribution in [0.25, 0.3) is 0 Å². The van der Waals surface area contributed by atoms with E-state index in [0.717, 1.165) is 11.5 Å². The highest BCUT2D eigenvalue weighted by Crippen LogP contribution is 2.02. The molecule has 0 amide bonds. The highest BCUT2D eigenvalue weighted by molar-refractivity contribution is 5.31. The average molecular weight is 210 g/mol. The van der Waals surface area contributed by atoms with Gasteiger partial charge in [0, 0.05) is 12.1 Å². The molecular formula is C11H22N4. The molecule has 15 heavy (non-hydrogen) atoms. The van der Waals surface area contributed by atoms with Crippen LogP contribution in [0, 0.1) is 6.92 Å². The lowest BCUT2D eigenvalue weighted by Crippen LogP contribution is -2.39. The second kappa shape index (κ2) is 6.35. The standard InChI is InChI=1S/C9H16N4.C2H6/c1-7-4-12-8(5-11-7)13-6-9(2,3)10;1-2/h4-5H,6,10H2,1-3H3,(H,12,13);1-2H3. The van der Waals surface area contributed by atoms with E-state index in [0.29, 0.717) is 6.54 Å². The first-order valence-electron chi connectivity index (χ1n) is 5.29. The van der Waals surface area contributed by atoms with Crippen LogP contribution < -0.4 is 11.1 Å². The molecule has 0 aromatic carbocycles. The van der Waals surface area contributed by atoms with Crippen molar-refractivity contribution in [3.63, 3.8) is 0 Å². The summed E-state index contributed by atoms with van der Waals surface area (Å²) in [5, 5.41) is 3.11. The summed E-state index contributed by atoms with van der Waals surface area (Å²) in [6.45, 7) is 10.5. The van der Waals surface area contributed by atoms with Crippen LogP contribution in [0.3, 0.4) is 0 Å². The largest absolute Gasteiger partial charge is 0.367 e. The van der Waals surface area contributed by atoms with Crippen LogP contribution >= 0.6 is 0 Å². The number of nitrogens with two attached hydrogens (primary N) is 1. The van der Waals surface area contributed by atoms with Crippen LogP contribution in [-0.2, 0) is 0 Å². The van der Waals surface area contributed by atoms with E-state index < -0.39 is 0 Å². The first-order chi connectivity index (χ1) is 6.97. The van der Waals surface area contributed by atoms with E-state index in [1.807, 2.05) is 34.6 Å². The molecule has 3 N–H and O–H groups in total. The van der Waals surface area contributed by atoms with Gasteiger partial charge in [-0.1, -0.05) is 13.8 Å². The smallest absolute Gasteiger partial charge is 0.144 e. The Morgan fingerprint density at radius 3 is 2.27 bits per heavy atom. The Bertz CT molecular complexity index is 261. The molecule has 0 atom stereocenters. The zero-order valence-electron chi connectivity index (χ0n) is 10.3. The van der Waals surface area contributed by atoms with Crippen molar-refractivity contribution < 1.29 is 0 Å². The average Bonchev–Trinajstić information content (AvgIpc) is 2.19. The van der Waals surface area contributed by atoms with E-state index in [2.05, 4.69) is 15.3 Å². The molecule has 0 fully saturated rings. The number of nitrogens with zero attached hydrogens (tertiary/aromatic N) is 2. The number of hydrogen-bond acceptors (Lipinski definition) is 4. The maximum Gasteiger partial charge on any atom is 0.144 e. The molecule has 4 heteroatoms. The molecule has 0 aliphatic carbocycles. The highest BCUT2D eigenvalue weighted by atomic mass is 15.0. The normalized spacial score (nSPS) is 10.3. The van der Waals surface area contributed by atoms with Gasteiger partial charge in [0.1, 0.15) is 5.82 Å². The van der Waals surface area contributed by atoms with Gasteiger partial charge in [-0.05, 0) is 20.8 Å². The molecule has 0 radical (unpaired) electrons. The second-order valence-corrected chi connectivity index (χ2v) is 3.89. The minimum Gasteiger partial charge on any atom is -0.367 e. The van der Waals surface area contributed by atoms with E-state index in [1.54, 1.807) is 12.4 Å². The molecule has 86 valence electrons. The summed E-state index contributed by atoms with van der Waals surface area (Å²) in [5.74, 6) is 0.768. The summed E-state index contributed by atoms with van der Waals surface area (Å²) < 4.78 is 0. The first-order valence-corrected chi connectivity index (χ1v) is 5.29. The highest BCUT2D eigenvalue weighted by Gasteiger charge is 2.09. The van der Waals surface area contributed by atoms with Gasteiger partial charge < -0.3 is 11.1 Å². The Hall–Kier alpha value is -1.16. The Balaban J connectivity index is 0.000000921. The number of anilines is 1. The molecule has 1 rings (SSSR count). The molecule has 1 heterocycles. The van der Waals surface area contributed by atoms with Gasteiger partial charge >= 0.3 is 0 Å². The van der Waals surface area contributed by atoms with Crippen LogP contribution in [0.5, 0.6) is 0 Å². The van der Waals surface area contributed by atoms with Gasteiger partial charge in [-0.2, -0.15) is 0 Å². The van der Waals surface area contributed by atoms with E-state index in [1.165, 1.54) is 0 Å². The third-order valence-corrected chi connectivity index (χ3v) is 1.51. The van der Waals surface area contributed by atoms with Crippen LogP contribution in [0.4, 0.5) is 5.82 Å². The maximum atomic E-state index is 5.80. The number of rotatable bonds is 3. The summed E-state index contributed by atoms with van der Waals surface area (Å²) in [4.78, 5) is 8.27. The quantitative estimate of drug-likeness (QED) is 0.800. The van der Waals surface area contributed by atoms with E-state index >= 15 is 0 Å². The van der Waals surface area contributed by atoms with Gasteiger partial charge in [0.05, 0.1) is 18.1 Å². The Morgan fingerprint density at radius 2 is 1.87 bits per heavy atom. The molecule has 0 bridgehead atoms. The van der Waals surface area contributed by atoms with Crippen molar-refractivity contribution in [2.45, 2.75) is 40.2 Å². The van der Waals surface area contributed by atoms with Crippen molar-refractivity contribution in [3.8, 4) is 0 Å². The van der Waals surface area contributed by atoms with E-state index in [4.69, 9.17) is 5.73 Å². The van der Waals surface area contributed by atoms with E-state index in [-0.39, 0.29) is 5.54 Å². The van der Waals surface area contributed by atoms with Crippen LogP contribution in [0.1, 0.15) is 33.4 Å². The predicted molar refractivity (Wildman–Crippen MR) is 64.9 cm³/mol.